The maximum Gasteiger partial charge on any atom is 0.0587 e. The summed E-state index contributed by atoms with van der Waals surface area (Å²) >= 11 is 6.47. The fraction of sp³-hybridized carbons (Fsp3) is 0.519. The van der Waals surface area contributed by atoms with Gasteiger partial charge in [0.05, 0.1) is 6.07 Å². The molecule has 0 heterocycles. The van der Waals surface area contributed by atoms with Gasteiger partial charge >= 0.3 is 0 Å². The zero-order chi connectivity index (χ0) is 21.8. The summed E-state index contributed by atoms with van der Waals surface area (Å²) in [4.78, 5) is 2.61. The molecular formula is C27H37ClN2. The normalized spacial score (nSPS) is 18.2. The first-order valence-electron chi connectivity index (χ1n) is 11.4. The second-order valence-electron chi connectivity index (χ2n) is 8.49. The lowest BCUT2D eigenvalue weighted by atomic mass is 9.95. The minimum atomic E-state index is 0.333. The van der Waals surface area contributed by atoms with Crippen molar-refractivity contribution < 1.29 is 0 Å². The third-order valence-electron chi connectivity index (χ3n) is 6.01. The molecule has 0 N–H and O–H groups in total. The standard InChI is InChI=1S/C25H34ClN.C2H3N/c1-20(2)27(19-17-21-8-4-3-5-9-21)18-7-10-22-13-15-23(16-14-22)24-11-6-12-25(24)26;1-2-3/h3-5,8-9,13-16,20,24-25H,6-7,10-12,17-19H2,1-2H3;1H3. The average Bonchev–Trinajstić information content (AvgIpc) is 3.18. The van der Waals surface area contributed by atoms with Crippen LogP contribution in [0, 0.1) is 11.3 Å². The van der Waals surface area contributed by atoms with Crippen LogP contribution in [0.2, 0.25) is 0 Å². The van der Waals surface area contributed by atoms with Crippen LogP contribution in [0.5, 0.6) is 0 Å². The van der Waals surface area contributed by atoms with E-state index in [1.54, 1.807) is 6.07 Å². The molecular weight excluding hydrogens is 388 g/mol. The first-order valence-corrected chi connectivity index (χ1v) is 11.8. The highest BCUT2D eigenvalue weighted by Crippen LogP contribution is 2.38. The number of benzene rings is 2. The van der Waals surface area contributed by atoms with Crippen LogP contribution in [-0.4, -0.2) is 29.4 Å². The Morgan fingerprint density at radius 1 is 0.967 bits per heavy atom. The molecule has 1 aliphatic carbocycles. The van der Waals surface area contributed by atoms with E-state index in [9.17, 15) is 0 Å². The number of halogens is 1. The first-order chi connectivity index (χ1) is 14.5. The van der Waals surface area contributed by atoms with E-state index in [1.807, 2.05) is 0 Å². The van der Waals surface area contributed by atoms with Gasteiger partial charge in [0, 0.05) is 30.8 Å². The number of nitrogens with zero attached hydrogens (tertiary/aromatic N) is 2. The lowest BCUT2D eigenvalue weighted by molar-refractivity contribution is 0.222. The van der Waals surface area contributed by atoms with E-state index in [0.717, 1.165) is 19.4 Å². The predicted molar refractivity (Wildman–Crippen MR) is 129 cm³/mol. The van der Waals surface area contributed by atoms with Gasteiger partial charge in [-0.15, -0.1) is 11.6 Å². The molecule has 0 aliphatic heterocycles. The predicted octanol–water partition coefficient (Wildman–Crippen LogP) is 6.98. The highest BCUT2D eigenvalue weighted by molar-refractivity contribution is 6.21. The summed E-state index contributed by atoms with van der Waals surface area (Å²) in [5.41, 5.74) is 4.32. The molecule has 2 aromatic rings. The van der Waals surface area contributed by atoms with Crippen LogP contribution >= 0.6 is 11.6 Å². The Labute approximate surface area is 188 Å². The Balaban J connectivity index is 0.00000101. The van der Waals surface area contributed by atoms with Gasteiger partial charge in [-0.2, -0.15) is 5.26 Å². The van der Waals surface area contributed by atoms with Crippen LogP contribution in [0.1, 0.15) is 69.1 Å². The lowest BCUT2D eigenvalue weighted by Gasteiger charge is -2.26. The van der Waals surface area contributed by atoms with Crippen molar-refractivity contribution in [1.82, 2.24) is 4.90 Å². The molecule has 2 atom stereocenters. The van der Waals surface area contributed by atoms with Gasteiger partial charge < -0.3 is 4.90 Å². The average molecular weight is 425 g/mol. The number of alkyl halides is 1. The molecule has 30 heavy (non-hydrogen) atoms. The van der Waals surface area contributed by atoms with Crippen molar-refractivity contribution in [2.24, 2.45) is 0 Å². The van der Waals surface area contributed by atoms with Gasteiger partial charge in [-0.3, -0.25) is 0 Å². The van der Waals surface area contributed by atoms with Crippen LogP contribution in [0.3, 0.4) is 0 Å². The molecule has 0 spiro atoms. The monoisotopic (exact) mass is 424 g/mol. The van der Waals surface area contributed by atoms with Crippen LogP contribution in [0.15, 0.2) is 54.6 Å². The summed E-state index contributed by atoms with van der Waals surface area (Å²) in [7, 11) is 0. The Morgan fingerprint density at radius 3 is 2.17 bits per heavy atom. The van der Waals surface area contributed by atoms with Gasteiger partial charge in [0.15, 0.2) is 0 Å². The third-order valence-corrected chi connectivity index (χ3v) is 6.53. The van der Waals surface area contributed by atoms with Crippen LogP contribution in [0.25, 0.3) is 0 Å². The molecule has 0 aromatic heterocycles. The van der Waals surface area contributed by atoms with Gasteiger partial charge in [0.2, 0.25) is 0 Å². The Hall–Kier alpha value is -1.82. The molecule has 162 valence electrons. The zero-order valence-corrected chi connectivity index (χ0v) is 19.6. The van der Waals surface area contributed by atoms with Crippen molar-refractivity contribution in [2.45, 2.75) is 76.6 Å². The van der Waals surface area contributed by atoms with E-state index in [1.165, 1.54) is 55.8 Å². The molecule has 2 unspecified atom stereocenters. The first kappa shape index (κ1) is 24.4. The Morgan fingerprint density at radius 2 is 1.60 bits per heavy atom. The minimum absolute atomic E-state index is 0.333. The quantitative estimate of drug-likeness (QED) is 0.406. The zero-order valence-electron chi connectivity index (χ0n) is 18.9. The number of hydrogen-bond acceptors (Lipinski definition) is 2. The SMILES string of the molecule is CC#N.CC(C)N(CCCc1ccc(C2CCCC2Cl)cc1)CCc1ccccc1. The molecule has 1 saturated carbocycles. The van der Waals surface area contributed by atoms with E-state index in [4.69, 9.17) is 16.9 Å². The highest BCUT2D eigenvalue weighted by atomic mass is 35.5. The summed E-state index contributed by atoms with van der Waals surface area (Å²) < 4.78 is 0. The number of hydrogen-bond donors (Lipinski definition) is 0. The second-order valence-corrected chi connectivity index (χ2v) is 9.05. The van der Waals surface area contributed by atoms with E-state index < -0.39 is 0 Å². The molecule has 2 nitrogen and oxygen atoms in total. The highest BCUT2D eigenvalue weighted by Gasteiger charge is 2.26. The van der Waals surface area contributed by atoms with Gasteiger partial charge in [-0.25, -0.2) is 0 Å². The fourth-order valence-corrected chi connectivity index (χ4v) is 4.68. The lowest BCUT2D eigenvalue weighted by Crippen LogP contribution is -2.34. The van der Waals surface area contributed by atoms with Gasteiger partial charge in [-0.05, 0) is 69.2 Å². The van der Waals surface area contributed by atoms with Crippen LogP contribution in [-0.2, 0) is 12.8 Å². The summed E-state index contributed by atoms with van der Waals surface area (Å²) in [5.74, 6) is 0.565. The third kappa shape index (κ3) is 8.13. The minimum Gasteiger partial charge on any atom is -0.301 e. The maximum atomic E-state index is 7.32. The second kappa shape index (κ2) is 13.5. The molecule has 1 aliphatic rings. The molecule has 0 saturated heterocycles. The number of nitriles is 1. The number of aryl methyl sites for hydroxylation is 1. The fourth-order valence-electron chi connectivity index (χ4n) is 4.25. The maximum absolute atomic E-state index is 7.32. The van der Waals surface area contributed by atoms with E-state index in [2.05, 4.69) is 73.3 Å². The van der Waals surface area contributed by atoms with Crippen molar-refractivity contribution in [3.8, 4) is 6.07 Å². The number of rotatable bonds is 9. The molecule has 2 aromatic carbocycles. The summed E-state index contributed by atoms with van der Waals surface area (Å²) in [6.45, 7) is 8.35. The van der Waals surface area contributed by atoms with Crippen LogP contribution < -0.4 is 0 Å². The summed E-state index contributed by atoms with van der Waals surface area (Å²) in [6.07, 6.45) is 7.20. The molecule has 3 heteroatoms. The largest absolute Gasteiger partial charge is 0.301 e. The molecule has 3 rings (SSSR count). The van der Waals surface area contributed by atoms with E-state index in [0.29, 0.717) is 17.3 Å². The summed E-state index contributed by atoms with van der Waals surface area (Å²) in [6, 6.07) is 22.4. The van der Waals surface area contributed by atoms with Gasteiger partial charge in [-0.1, -0.05) is 61.0 Å². The molecule has 0 amide bonds. The van der Waals surface area contributed by atoms with Crippen LogP contribution in [0.4, 0.5) is 0 Å². The van der Waals surface area contributed by atoms with Crippen molar-refractivity contribution >= 4 is 11.6 Å². The topological polar surface area (TPSA) is 27.0 Å². The van der Waals surface area contributed by atoms with Crippen molar-refractivity contribution in [1.29, 1.82) is 5.26 Å². The molecule has 1 fully saturated rings. The molecule has 0 radical (unpaired) electrons. The smallest absolute Gasteiger partial charge is 0.0587 e. The van der Waals surface area contributed by atoms with Crippen molar-refractivity contribution in [3.63, 3.8) is 0 Å². The molecule has 0 bridgehead atoms. The van der Waals surface area contributed by atoms with E-state index in [-0.39, 0.29) is 0 Å². The summed E-state index contributed by atoms with van der Waals surface area (Å²) in [5, 5.41) is 7.65. The van der Waals surface area contributed by atoms with Gasteiger partial charge in [0.1, 0.15) is 0 Å². The van der Waals surface area contributed by atoms with Crippen molar-refractivity contribution in [3.05, 3.63) is 71.3 Å². The Kier molecular flexibility index (Phi) is 11.0. The van der Waals surface area contributed by atoms with Crippen molar-refractivity contribution in [2.75, 3.05) is 13.1 Å². The van der Waals surface area contributed by atoms with E-state index >= 15 is 0 Å². The van der Waals surface area contributed by atoms with Gasteiger partial charge in [0.25, 0.3) is 0 Å². The Bertz CT molecular complexity index is 749.